The molecule has 3 heteroatoms. The fraction of sp³-hybridized carbons (Fsp3) is 0.389. The molecule has 1 saturated carbocycles. The van der Waals surface area contributed by atoms with E-state index < -0.39 is 0 Å². The van der Waals surface area contributed by atoms with E-state index in [0.717, 1.165) is 5.75 Å². The van der Waals surface area contributed by atoms with Crippen LogP contribution in [0.4, 0.5) is 0 Å². The third-order valence-corrected chi connectivity index (χ3v) is 4.37. The van der Waals surface area contributed by atoms with Crippen LogP contribution in [-0.4, -0.2) is 18.1 Å². The van der Waals surface area contributed by atoms with Crippen LogP contribution < -0.4 is 10.1 Å². The Morgan fingerprint density at radius 1 is 1.24 bits per heavy atom. The number of pyridine rings is 1. The molecule has 1 aromatic carbocycles. The van der Waals surface area contributed by atoms with Gasteiger partial charge < -0.3 is 10.1 Å². The molecule has 1 fully saturated rings. The van der Waals surface area contributed by atoms with Gasteiger partial charge in [-0.25, -0.2) is 0 Å². The molecule has 3 rings (SSSR count). The van der Waals surface area contributed by atoms with Gasteiger partial charge in [-0.05, 0) is 55.0 Å². The van der Waals surface area contributed by atoms with E-state index in [-0.39, 0.29) is 0 Å². The third kappa shape index (κ3) is 3.24. The number of ether oxygens (including phenoxy) is 1. The van der Waals surface area contributed by atoms with Crippen molar-refractivity contribution in [3.05, 3.63) is 59.9 Å². The van der Waals surface area contributed by atoms with Gasteiger partial charge in [0, 0.05) is 24.5 Å². The first-order chi connectivity index (χ1) is 10.3. The van der Waals surface area contributed by atoms with E-state index in [1.807, 2.05) is 24.5 Å². The molecule has 1 heterocycles. The zero-order chi connectivity index (χ0) is 14.7. The molecule has 21 heavy (non-hydrogen) atoms. The molecule has 3 nitrogen and oxygen atoms in total. The van der Waals surface area contributed by atoms with Gasteiger partial charge in [0.1, 0.15) is 5.75 Å². The zero-order valence-electron chi connectivity index (χ0n) is 12.6. The number of rotatable bonds is 5. The number of benzene rings is 1. The highest BCUT2D eigenvalue weighted by molar-refractivity contribution is 5.32. The predicted molar refractivity (Wildman–Crippen MR) is 84.5 cm³/mol. The van der Waals surface area contributed by atoms with Gasteiger partial charge in [0.2, 0.25) is 0 Å². The molecule has 0 spiro atoms. The molecule has 0 aliphatic heterocycles. The van der Waals surface area contributed by atoms with Crippen molar-refractivity contribution in [1.29, 1.82) is 0 Å². The minimum Gasteiger partial charge on any atom is -0.497 e. The summed E-state index contributed by atoms with van der Waals surface area (Å²) in [5, 5.41) is 3.69. The van der Waals surface area contributed by atoms with E-state index in [4.69, 9.17) is 4.74 Å². The standard InChI is InChI=1S/C18H22N2O/c1-13(15-6-4-8-19-12-15)20-17-9-16(10-17)14-5-3-7-18(11-14)21-2/h3-8,11-13,16-17,20H,9-10H2,1-2H3/t13-,16?,17?/m0/s1. The lowest BCUT2D eigenvalue weighted by Gasteiger charge is -2.38. The lowest BCUT2D eigenvalue weighted by atomic mass is 9.75. The van der Waals surface area contributed by atoms with Crippen molar-refractivity contribution in [2.45, 2.75) is 37.8 Å². The molecule has 0 unspecified atom stereocenters. The van der Waals surface area contributed by atoms with Crippen molar-refractivity contribution >= 4 is 0 Å². The summed E-state index contributed by atoms with van der Waals surface area (Å²) in [6, 6.07) is 13.5. The number of nitrogens with one attached hydrogen (secondary N) is 1. The average molecular weight is 282 g/mol. The first-order valence-corrected chi connectivity index (χ1v) is 7.56. The average Bonchev–Trinajstić information content (AvgIpc) is 2.51. The van der Waals surface area contributed by atoms with Crippen LogP contribution in [0.2, 0.25) is 0 Å². The lowest BCUT2D eigenvalue weighted by molar-refractivity contribution is 0.270. The van der Waals surface area contributed by atoms with Crippen LogP contribution in [0.5, 0.6) is 5.75 Å². The van der Waals surface area contributed by atoms with Crippen LogP contribution >= 0.6 is 0 Å². The van der Waals surface area contributed by atoms with Crippen LogP contribution in [0.25, 0.3) is 0 Å². The van der Waals surface area contributed by atoms with Gasteiger partial charge in [0.25, 0.3) is 0 Å². The lowest BCUT2D eigenvalue weighted by Crippen LogP contribution is -2.41. The van der Waals surface area contributed by atoms with Crippen LogP contribution in [-0.2, 0) is 0 Å². The Labute approximate surface area is 126 Å². The highest BCUT2D eigenvalue weighted by Crippen LogP contribution is 2.38. The second kappa shape index (κ2) is 6.27. The Morgan fingerprint density at radius 3 is 2.81 bits per heavy atom. The molecule has 0 radical (unpaired) electrons. The monoisotopic (exact) mass is 282 g/mol. The highest BCUT2D eigenvalue weighted by atomic mass is 16.5. The largest absolute Gasteiger partial charge is 0.497 e. The molecule has 110 valence electrons. The SMILES string of the molecule is COc1cccc(C2CC(N[C@@H](C)c3cccnc3)C2)c1. The molecule has 1 aliphatic carbocycles. The topological polar surface area (TPSA) is 34.1 Å². The smallest absolute Gasteiger partial charge is 0.119 e. The van der Waals surface area contributed by atoms with Crippen LogP contribution in [0.3, 0.4) is 0 Å². The Morgan fingerprint density at radius 2 is 2.10 bits per heavy atom. The molecule has 0 bridgehead atoms. The van der Waals surface area contributed by atoms with Crippen molar-refractivity contribution in [2.75, 3.05) is 7.11 Å². The summed E-state index contributed by atoms with van der Waals surface area (Å²) < 4.78 is 5.30. The maximum Gasteiger partial charge on any atom is 0.119 e. The van der Waals surface area contributed by atoms with E-state index in [2.05, 4.69) is 41.5 Å². The number of methoxy groups -OCH3 is 1. The number of nitrogens with zero attached hydrogens (tertiary/aromatic N) is 1. The minimum absolute atomic E-state index is 0.356. The Hall–Kier alpha value is -1.87. The van der Waals surface area contributed by atoms with E-state index in [1.165, 1.54) is 24.0 Å². The summed E-state index contributed by atoms with van der Waals surface area (Å²) in [5.74, 6) is 1.60. The fourth-order valence-electron chi connectivity index (χ4n) is 3.00. The third-order valence-electron chi connectivity index (χ3n) is 4.37. The molecular weight excluding hydrogens is 260 g/mol. The van der Waals surface area contributed by atoms with Gasteiger partial charge in [-0.3, -0.25) is 4.98 Å². The predicted octanol–water partition coefficient (Wildman–Crippen LogP) is 3.69. The van der Waals surface area contributed by atoms with Crippen LogP contribution in [0, 0.1) is 0 Å². The van der Waals surface area contributed by atoms with Crippen LogP contribution in [0.15, 0.2) is 48.8 Å². The maximum absolute atomic E-state index is 5.30. The minimum atomic E-state index is 0.356. The number of hydrogen-bond donors (Lipinski definition) is 1. The maximum atomic E-state index is 5.30. The first kappa shape index (κ1) is 14.1. The Kier molecular flexibility index (Phi) is 4.20. The van der Waals surface area contributed by atoms with E-state index in [9.17, 15) is 0 Å². The molecule has 1 aromatic heterocycles. The second-order valence-electron chi connectivity index (χ2n) is 5.82. The first-order valence-electron chi connectivity index (χ1n) is 7.56. The molecule has 1 aliphatic rings. The fourth-order valence-corrected chi connectivity index (χ4v) is 3.00. The molecule has 2 aromatic rings. The summed E-state index contributed by atoms with van der Waals surface area (Å²) >= 11 is 0. The second-order valence-corrected chi connectivity index (χ2v) is 5.82. The van der Waals surface area contributed by atoms with Crippen molar-refractivity contribution in [1.82, 2.24) is 10.3 Å². The van der Waals surface area contributed by atoms with Gasteiger partial charge in [-0.2, -0.15) is 0 Å². The summed E-state index contributed by atoms with van der Waals surface area (Å²) in [4.78, 5) is 4.18. The summed E-state index contributed by atoms with van der Waals surface area (Å²) in [6.45, 7) is 2.20. The van der Waals surface area contributed by atoms with Crippen LogP contribution in [0.1, 0.15) is 42.9 Å². The van der Waals surface area contributed by atoms with Gasteiger partial charge >= 0.3 is 0 Å². The van der Waals surface area contributed by atoms with E-state index in [1.54, 1.807) is 7.11 Å². The van der Waals surface area contributed by atoms with Crippen molar-refractivity contribution in [3.63, 3.8) is 0 Å². The highest BCUT2D eigenvalue weighted by Gasteiger charge is 2.31. The molecule has 0 amide bonds. The van der Waals surface area contributed by atoms with Gasteiger partial charge in [-0.1, -0.05) is 18.2 Å². The van der Waals surface area contributed by atoms with Gasteiger partial charge in [-0.15, -0.1) is 0 Å². The molecular formula is C18H22N2O. The van der Waals surface area contributed by atoms with Crippen molar-refractivity contribution < 1.29 is 4.74 Å². The van der Waals surface area contributed by atoms with Gasteiger partial charge in [0.05, 0.1) is 7.11 Å². The Bertz CT molecular complexity index is 579. The summed E-state index contributed by atoms with van der Waals surface area (Å²) in [5.41, 5.74) is 2.64. The Balaban J connectivity index is 1.54. The van der Waals surface area contributed by atoms with E-state index in [0.29, 0.717) is 18.0 Å². The zero-order valence-corrected chi connectivity index (χ0v) is 12.6. The molecule has 1 N–H and O–H groups in total. The normalized spacial score (nSPS) is 22.4. The number of aromatic nitrogens is 1. The molecule has 1 atom stereocenters. The van der Waals surface area contributed by atoms with Crippen molar-refractivity contribution in [3.8, 4) is 5.75 Å². The van der Waals surface area contributed by atoms with Gasteiger partial charge in [0.15, 0.2) is 0 Å². The van der Waals surface area contributed by atoms with Crippen molar-refractivity contribution in [2.24, 2.45) is 0 Å². The quantitative estimate of drug-likeness (QED) is 0.908. The number of hydrogen-bond acceptors (Lipinski definition) is 3. The molecule has 0 saturated heterocycles. The van der Waals surface area contributed by atoms with E-state index >= 15 is 0 Å². The summed E-state index contributed by atoms with van der Waals surface area (Å²) in [6.07, 6.45) is 6.14. The summed E-state index contributed by atoms with van der Waals surface area (Å²) in [7, 11) is 1.72.